The molecule has 9 heteroatoms. The Morgan fingerprint density at radius 1 is 1.38 bits per heavy atom. The fourth-order valence-electron chi connectivity index (χ4n) is 2.50. The van der Waals surface area contributed by atoms with Gasteiger partial charge in [-0.3, -0.25) is 0 Å². The summed E-state index contributed by atoms with van der Waals surface area (Å²) in [5.41, 5.74) is 6.30. The van der Waals surface area contributed by atoms with Crippen molar-refractivity contribution in [3.63, 3.8) is 0 Å². The Kier molecular flexibility index (Phi) is 3.23. The SMILES string of the molecule is N#Cc1cn(C2O[C@H](CO)C(O)C2O)c2ncnc(N)c12. The van der Waals surface area contributed by atoms with Crippen LogP contribution in [0, 0.1) is 11.3 Å². The first kappa shape index (κ1) is 13.7. The van der Waals surface area contributed by atoms with Gasteiger partial charge >= 0.3 is 0 Å². The number of aliphatic hydroxyl groups excluding tert-OH is 3. The molecule has 1 saturated heterocycles. The summed E-state index contributed by atoms with van der Waals surface area (Å²) >= 11 is 0. The van der Waals surface area contributed by atoms with Crippen molar-refractivity contribution in [1.29, 1.82) is 5.26 Å². The molecule has 3 rings (SSSR count). The maximum atomic E-state index is 10.1. The van der Waals surface area contributed by atoms with Gasteiger partial charge in [0.25, 0.3) is 0 Å². The van der Waals surface area contributed by atoms with Crippen molar-refractivity contribution >= 4 is 16.9 Å². The molecular weight excluding hydrogens is 278 g/mol. The molecule has 0 amide bonds. The average molecular weight is 291 g/mol. The van der Waals surface area contributed by atoms with Crippen LogP contribution in [0.2, 0.25) is 0 Å². The van der Waals surface area contributed by atoms with E-state index in [-0.39, 0.29) is 11.4 Å². The number of nitrogens with zero attached hydrogens (tertiary/aromatic N) is 4. The Hall–Kier alpha value is -2.25. The molecule has 1 aliphatic heterocycles. The average Bonchev–Trinajstić information content (AvgIpc) is 2.99. The zero-order chi connectivity index (χ0) is 15.1. The molecule has 1 fully saturated rings. The Bertz CT molecular complexity index is 724. The Morgan fingerprint density at radius 3 is 2.76 bits per heavy atom. The zero-order valence-electron chi connectivity index (χ0n) is 10.8. The van der Waals surface area contributed by atoms with Crippen LogP contribution in [0.1, 0.15) is 11.8 Å². The lowest BCUT2D eigenvalue weighted by Gasteiger charge is -2.17. The summed E-state index contributed by atoms with van der Waals surface area (Å²) in [5, 5.41) is 38.5. The monoisotopic (exact) mass is 291 g/mol. The van der Waals surface area contributed by atoms with E-state index in [1.165, 1.54) is 17.1 Å². The molecule has 0 spiro atoms. The molecule has 2 aromatic heterocycles. The van der Waals surface area contributed by atoms with E-state index in [2.05, 4.69) is 9.97 Å². The van der Waals surface area contributed by atoms with Crippen molar-refractivity contribution in [2.75, 3.05) is 12.3 Å². The summed E-state index contributed by atoms with van der Waals surface area (Å²) in [6, 6.07) is 1.98. The Labute approximate surface area is 118 Å². The highest BCUT2D eigenvalue weighted by Gasteiger charge is 2.44. The third-order valence-corrected chi connectivity index (χ3v) is 3.55. The van der Waals surface area contributed by atoms with Gasteiger partial charge in [-0.1, -0.05) is 0 Å². The largest absolute Gasteiger partial charge is 0.394 e. The van der Waals surface area contributed by atoms with E-state index in [1.807, 2.05) is 6.07 Å². The molecule has 21 heavy (non-hydrogen) atoms. The topological polar surface area (TPSA) is 150 Å². The maximum absolute atomic E-state index is 10.1. The highest BCUT2D eigenvalue weighted by Crippen LogP contribution is 2.34. The third-order valence-electron chi connectivity index (χ3n) is 3.55. The van der Waals surface area contributed by atoms with Gasteiger partial charge in [0.05, 0.1) is 17.6 Å². The van der Waals surface area contributed by atoms with Crippen molar-refractivity contribution in [3.05, 3.63) is 18.1 Å². The lowest BCUT2D eigenvalue weighted by atomic mass is 10.1. The number of aliphatic hydroxyl groups is 3. The third kappa shape index (κ3) is 1.93. The summed E-state index contributed by atoms with van der Waals surface area (Å²) in [6.45, 7) is -0.434. The molecule has 4 atom stereocenters. The number of hydrogen-bond acceptors (Lipinski definition) is 8. The predicted octanol–water partition coefficient (Wildman–Crippen LogP) is -1.50. The van der Waals surface area contributed by atoms with Crippen LogP contribution < -0.4 is 5.73 Å². The number of ether oxygens (including phenoxy) is 1. The fourth-order valence-corrected chi connectivity index (χ4v) is 2.50. The van der Waals surface area contributed by atoms with Crippen LogP contribution in [-0.4, -0.2) is 54.8 Å². The highest BCUT2D eigenvalue weighted by atomic mass is 16.6. The molecule has 0 aromatic carbocycles. The van der Waals surface area contributed by atoms with E-state index in [9.17, 15) is 10.2 Å². The number of rotatable bonds is 2. The predicted molar refractivity (Wildman–Crippen MR) is 69.7 cm³/mol. The van der Waals surface area contributed by atoms with Gasteiger partial charge in [0.1, 0.15) is 42.2 Å². The van der Waals surface area contributed by atoms with Crippen LogP contribution in [-0.2, 0) is 4.74 Å². The number of nitriles is 1. The number of nitrogen functional groups attached to an aromatic ring is 1. The minimum Gasteiger partial charge on any atom is -0.394 e. The molecule has 3 heterocycles. The zero-order valence-corrected chi connectivity index (χ0v) is 10.8. The quantitative estimate of drug-likeness (QED) is 0.521. The van der Waals surface area contributed by atoms with Crippen LogP contribution in [0.4, 0.5) is 5.82 Å². The van der Waals surface area contributed by atoms with Crippen molar-refractivity contribution in [2.45, 2.75) is 24.5 Å². The minimum atomic E-state index is -1.26. The van der Waals surface area contributed by atoms with Crippen LogP contribution >= 0.6 is 0 Å². The van der Waals surface area contributed by atoms with E-state index < -0.39 is 31.1 Å². The van der Waals surface area contributed by atoms with Gasteiger partial charge in [-0.25, -0.2) is 9.97 Å². The number of nitrogens with two attached hydrogens (primary N) is 1. The molecule has 0 saturated carbocycles. The molecule has 5 N–H and O–H groups in total. The normalized spacial score (nSPS) is 28.9. The van der Waals surface area contributed by atoms with E-state index >= 15 is 0 Å². The number of anilines is 1. The first-order valence-electron chi connectivity index (χ1n) is 6.22. The second kappa shape index (κ2) is 4.94. The lowest BCUT2D eigenvalue weighted by molar-refractivity contribution is -0.0508. The van der Waals surface area contributed by atoms with Crippen LogP contribution in [0.5, 0.6) is 0 Å². The van der Waals surface area contributed by atoms with Gasteiger partial charge < -0.3 is 30.4 Å². The molecule has 110 valence electrons. The second-order valence-electron chi connectivity index (χ2n) is 4.75. The van der Waals surface area contributed by atoms with Gasteiger partial charge in [-0.2, -0.15) is 5.26 Å². The molecule has 0 radical (unpaired) electrons. The maximum Gasteiger partial charge on any atom is 0.164 e. The summed E-state index contributed by atoms with van der Waals surface area (Å²) in [7, 11) is 0. The number of aromatic nitrogens is 3. The minimum absolute atomic E-state index is 0.141. The fraction of sp³-hybridized carbons (Fsp3) is 0.417. The standard InChI is InChI=1S/C12H13N5O4/c13-1-5-2-17(11-7(5)10(14)15-4-16-11)12-9(20)8(19)6(3-18)21-12/h2,4,6,8-9,12,18-20H,3H2,(H2,14,15,16)/t6-,8?,9?,12?/m1/s1. The van der Waals surface area contributed by atoms with Gasteiger partial charge in [0, 0.05) is 6.20 Å². The van der Waals surface area contributed by atoms with Crippen molar-refractivity contribution in [1.82, 2.24) is 14.5 Å². The van der Waals surface area contributed by atoms with Gasteiger partial charge in [-0.05, 0) is 0 Å². The van der Waals surface area contributed by atoms with Gasteiger partial charge in [0.2, 0.25) is 0 Å². The smallest absolute Gasteiger partial charge is 0.164 e. The van der Waals surface area contributed by atoms with Crippen LogP contribution in [0.15, 0.2) is 12.5 Å². The first-order valence-corrected chi connectivity index (χ1v) is 6.22. The highest BCUT2D eigenvalue weighted by molar-refractivity contribution is 5.91. The van der Waals surface area contributed by atoms with Gasteiger partial charge in [0.15, 0.2) is 6.23 Å². The van der Waals surface area contributed by atoms with E-state index in [0.29, 0.717) is 11.0 Å². The van der Waals surface area contributed by atoms with E-state index in [1.54, 1.807) is 0 Å². The van der Waals surface area contributed by atoms with E-state index in [0.717, 1.165) is 0 Å². The molecular formula is C12H13N5O4. The first-order chi connectivity index (χ1) is 10.1. The van der Waals surface area contributed by atoms with Crippen LogP contribution in [0.3, 0.4) is 0 Å². The molecule has 0 bridgehead atoms. The summed E-state index contributed by atoms with van der Waals surface area (Å²) in [6.07, 6.45) is -1.72. The molecule has 9 nitrogen and oxygen atoms in total. The van der Waals surface area contributed by atoms with E-state index in [4.69, 9.17) is 20.8 Å². The van der Waals surface area contributed by atoms with Crippen LogP contribution in [0.25, 0.3) is 11.0 Å². The summed E-state index contributed by atoms with van der Waals surface area (Å²) in [4.78, 5) is 7.88. The Balaban J connectivity index is 2.14. The summed E-state index contributed by atoms with van der Waals surface area (Å²) in [5.74, 6) is 0.141. The molecule has 2 aromatic rings. The molecule has 1 aliphatic rings. The molecule has 0 aliphatic carbocycles. The Morgan fingerprint density at radius 2 is 2.14 bits per heavy atom. The number of fused-ring (bicyclic) bond motifs is 1. The molecule has 3 unspecified atom stereocenters. The second-order valence-corrected chi connectivity index (χ2v) is 4.75. The van der Waals surface area contributed by atoms with Crippen molar-refractivity contribution in [3.8, 4) is 6.07 Å². The van der Waals surface area contributed by atoms with Gasteiger partial charge in [-0.15, -0.1) is 0 Å². The van der Waals surface area contributed by atoms with Crippen molar-refractivity contribution < 1.29 is 20.1 Å². The van der Waals surface area contributed by atoms with Crippen molar-refractivity contribution in [2.24, 2.45) is 0 Å². The lowest BCUT2D eigenvalue weighted by Crippen LogP contribution is -2.33. The number of hydrogen-bond donors (Lipinski definition) is 4. The summed E-state index contributed by atoms with van der Waals surface area (Å²) < 4.78 is 6.84.